The van der Waals surface area contributed by atoms with Crippen LogP contribution in [0.4, 0.5) is 4.39 Å². The van der Waals surface area contributed by atoms with Gasteiger partial charge in [0.15, 0.2) is 0 Å². The molecule has 1 heterocycles. The van der Waals surface area contributed by atoms with E-state index in [-0.39, 0.29) is 22.6 Å². The van der Waals surface area contributed by atoms with Gasteiger partial charge in [-0.2, -0.15) is 0 Å². The number of hydrogen-bond donors (Lipinski definition) is 1. The van der Waals surface area contributed by atoms with Crippen LogP contribution in [-0.4, -0.2) is 25.2 Å². The Morgan fingerprint density at radius 3 is 3.06 bits per heavy atom. The summed E-state index contributed by atoms with van der Waals surface area (Å²) in [5, 5.41) is 2.85. The molecule has 1 atom stereocenters. The van der Waals surface area contributed by atoms with Crippen molar-refractivity contribution in [1.29, 1.82) is 0 Å². The minimum Gasteiger partial charge on any atom is -0.376 e. The number of rotatable bonds is 3. The van der Waals surface area contributed by atoms with Crippen molar-refractivity contribution in [3.8, 4) is 0 Å². The second kappa shape index (κ2) is 5.47. The molecule has 1 unspecified atom stereocenters. The van der Waals surface area contributed by atoms with E-state index >= 15 is 0 Å². The van der Waals surface area contributed by atoms with Crippen molar-refractivity contribution >= 4 is 17.5 Å². The van der Waals surface area contributed by atoms with Gasteiger partial charge in [0.2, 0.25) is 0 Å². The highest BCUT2D eigenvalue weighted by atomic mass is 35.5. The van der Waals surface area contributed by atoms with E-state index in [2.05, 4.69) is 5.32 Å². The monoisotopic (exact) mass is 257 g/mol. The lowest BCUT2D eigenvalue weighted by Crippen LogP contribution is -2.31. The fraction of sp³-hybridized carbons (Fsp3) is 0.417. The number of nitrogens with one attached hydrogen (secondary N) is 1. The van der Waals surface area contributed by atoms with E-state index in [4.69, 9.17) is 16.3 Å². The van der Waals surface area contributed by atoms with E-state index in [1.165, 1.54) is 12.1 Å². The minimum absolute atomic E-state index is 0.0816. The summed E-state index contributed by atoms with van der Waals surface area (Å²) in [5.74, 6) is -0.754. The number of benzene rings is 1. The van der Waals surface area contributed by atoms with Crippen LogP contribution >= 0.6 is 11.6 Å². The Kier molecular flexibility index (Phi) is 3.97. The number of ether oxygens (including phenoxy) is 1. The molecule has 0 saturated carbocycles. The third-order valence-electron chi connectivity index (χ3n) is 2.69. The first kappa shape index (κ1) is 12.3. The predicted octanol–water partition coefficient (Wildman–Crippen LogP) is 2.39. The number of carbonyl (C=O) groups is 1. The highest BCUT2D eigenvalue weighted by Crippen LogP contribution is 2.17. The summed E-state index contributed by atoms with van der Waals surface area (Å²) in [7, 11) is 0. The quantitative estimate of drug-likeness (QED) is 0.903. The molecule has 1 saturated heterocycles. The first-order valence-electron chi connectivity index (χ1n) is 5.51. The smallest absolute Gasteiger partial charge is 0.252 e. The van der Waals surface area contributed by atoms with Gasteiger partial charge in [0.05, 0.1) is 16.7 Å². The molecule has 0 aliphatic carbocycles. The average molecular weight is 258 g/mol. The number of hydrogen-bond acceptors (Lipinski definition) is 2. The van der Waals surface area contributed by atoms with Gasteiger partial charge in [-0.05, 0) is 31.0 Å². The second-order valence-corrected chi connectivity index (χ2v) is 4.38. The largest absolute Gasteiger partial charge is 0.376 e. The molecular weight excluding hydrogens is 245 g/mol. The summed E-state index contributed by atoms with van der Waals surface area (Å²) in [6.45, 7) is 1.21. The summed E-state index contributed by atoms with van der Waals surface area (Å²) < 4.78 is 18.2. The zero-order valence-corrected chi connectivity index (χ0v) is 9.97. The summed E-state index contributed by atoms with van der Waals surface area (Å²) in [6, 6.07) is 3.72. The Morgan fingerprint density at radius 1 is 1.59 bits per heavy atom. The standard InChI is InChI=1S/C12H13ClFNO2/c13-11-6-8(14)3-4-10(11)12(16)15-7-9-2-1-5-17-9/h3-4,6,9H,1-2,5,7H2,(H,15,16). The first-order chi connectivity index (χ1) is 8.16. The van der Waals surface area contributed by atoms with Gasteiger partial charge < -0.3 is 10.1 Å². The van der Waals surface area contributed by atoms with Gasteiger partial charge in [0.25, 0.3) is 5.91 Å². The molecule has 1 aromatic rings. The molecule has 1 aliphatic rings. The molecule has 92 valence electrons. The van der Waals surface area contributed by atoms with Crippen molar-refractivity contribution in [2.24, 2.45) is 0 Å². The first-order valence-corrected chi connectivity index (χ1v) is 5.89. The maximum atomic E-state index is 12.8. The lowest BCUT2D eigenvalue weighted by atomic mass is 10.2. The number of carbonyl (C=O) groups excluding carboxylic acids is 1. The summed E-state index contributed by atoms with van der Waals surface area (Å²) in [5.41, 5.74) is 0.283. The van der Waals surface area contributed by atoms with Crippen molar-refractivity contribution in [2.75, 3.05) is 13.2 Å². The fourth-order valence-electron chi connectivity index (χ4n) is 1.78. The Hall–Kier alpha value is -1.13. The van der Waals surface area contributed by atoms with Gasteiger partial charge >= 0.3 is 0 Å². The van der Waals surface area contributed by atoms with Gasteiger partial charge in [-0.15, -0.1) is 0 Å². The van der Waals surface area contributed by atoms with Crippen molar-refractivity contribution in [2.45, 2.75) is 18.9 Å². The molecule has 0 aromatic heterocycles. The van der Waals surface area contributed by atoms with Crippen LogP contribution in [0.2, 0.25) is 5.02 Å². The Balaban J connectivity index is 1.94. The van der Waals surface area contributed by atoms with Gasteiger partial charge in [0.1, 0.15) is 5.82 Å². The summed E-state index contributed by atoms with van der Waals surface area (Å²) in [4.78, 5) is 11.8. The predicted molar refractivity (Wildman–Crippen MR) is 62.7 cm³/mol. The van der Waals surface area contributed by atoms with Gasteiger partial charge in [-0.3, -0.25) is 4.79 Å². The van der Waals surface area contributed by atoms with Crippen molar-refractivity contribution in [3.05, 3.63) is 34.6 Å². The summed E-state index contributed by atoms with van der Waals surface area (Å²) >= 11 is 5.79. The molecule has 5 heteroatoms. The molecule has 1 aromatic carbocycles. The van der Waals surface area contributed by atoms with Crippen LogP contribution in [0.15, 0.2) is 18.2 Å². The molecule has 17 heavy (non-hydrogen) atoms. The molecule has 3 nitrogen and oxygen atoms in total. The van der Waals surface area contributed by atoms with Crippen LogP contribution in [-0.2, 0) is 4.74 Å². The lowest BCUT2D eigenvalue weighted by molar-refractivity contribution is 0.0858. The van der Waals surface area contributed by atoms with Crippen molar-refractivity contribution in [1.82, 2.24) is 5.32 Å². The molecule has 0 bridgehead atoms. The molecule has 1 amide bonds. The molecule has 0 spiro atoms. The van der Waals surface area contributed by atoms with E-state index in [9.17, 15) is 9.18 Å². The van der Waals surface area contributed by atoms with Crippen molar-refractivity contribution < 1.29 is 13.9 Å². The van der Waals surface area contributed by atoms with Crippen LogP contribution in [0.25, 0.3) is 0 Å². The Labute approximate surface area is 104 Å². The van der Waals surface area contributed by atoms with Crippen molar-refractivity contribution in [3.63, 3.8) is 0 Å². The van der Waals surface area contributed by atoms with Gasteiger partial charge in [0, 0.05) is 13.2 Å². The Bertz CT molecular complexity index is 419. The number of halogens is 2. The van der Waals surface area contributed by atoms with E-state index in [1.807, 2.05) is 0 Å². The zero-order chi connectivity index (χ0) is 12.3. The van der Waals surface area contributed by atoms with E-state index in [0.717, 1.165) is 25.5 Å². The highest BCUT2D eigenvalue weighted by Gasteiger charge is 2.17. The molecule has 1 N–H and O–H groups in total. The van der Waals surface area contributed by atoms with Crippen LogP contribution in [0.3, 0.4) is 0 Å². The third kappa shape index (κ3) is 3.17. The zero-order valence-electron chi connectivity index (χ0n) is 9.21. The normalized spacial score (nSPS) is 19.3. The molecule has 1 fully saturated rings. The molecule has 0 radical (unpaired) electrons. The van der Waals surface area contributed by atoms with Gasteiger partial charge in [-0.1, -0.05) is 11.6 Å². The summed E-state index contributed by atoms with van der Waals surface area (Å²) in [6.07, 6.45) is 2.06. The highest BCUT2D eigenvalue weighted by molar-refractivity contribution is 6.33. The Morgan fingerprint density at radius 2 is 2.41 bits per heavy atom. The second-order valence-electron chi connectivity index (χ2n) is 3.97. The number of amides is 1. The molecule has 1 aliphatic heterocycles. The minimum atomic E-state index is -0.453. The molecule has 2 rings (SSSR count). The van der Waals surface area contributed by atoms with E-state index in [1.54, 1.807) is 0 Å². The lowest BCUT2D eigenvalue weighted by Gasteiger charge is -2.11. The third-order valence-corrected chi connectivity index (χ3v) is 3.00. The van der Waals surface area contributed by atoms with Gasteiger partial charge in [-0.25, -0.2) is 4.39 Å². The van der Waals surface area contributed by atoms with E-state index < -0.39 is 5.82 Å². The maximum Gasteiger partial charge on any atom is 0.252 e. The SMILES string of the molecule is O=C(NCC1CCCO1)c1ccc(F)cc1Cl. The van der Waals surface area contributed by atoms with Crippen LogP contribution < -0.4 is 5.32 Å². The maximum absolute atomic E-state index is 12.8. The molecular formula is C12H13ClFNO2. The average Bonchev–Trinajstić information content (AvgIpc) is 2.78. The van der Waals surface area contributed by atoms with Crippen LogP contribution in [0.5, 0.6) is 0 Å². The van der Waals surface area contributed by atoms with E-state index in [0.29, 0.717) is 6.54 Å². The fourth-order valence-corrected chi connectivity index (χ4v) is 2.03. The van der Waals surface area contributed by atoms with Crippen LogP contribution in [0, 0.1) is 5.82 Å². The topological polar surface area (TPSA) is 38.3 Å². The van der Waals surface area contributed by atoms with Crippen LogP contribution in [0.1, 0.15) is 23.2 Å².